The van der Waals surface area contributed by atoms with Crippen molar-refractivity contribution < 1.29 is 14.5 Å². The van der Waals surface area contributed by atoms with E-state index in [1.54, 1.807) is 0 Å². The summed E-state index contributed by atoms with van der Waals surface area (Å²) in [6.45, 7) is 4.47. The first-order valence-electron chi connectivity index (χ1n) is 7.54. The molecule has 1 aromatic carbocycles. The molecule has 3 N–H and O–H groups in total. The molecule has 0 aliphatic rings. The van der Waals surface area contributed by atoms with Crippen LogP contribution in [0.2, 0.25) is 0 Å². The third kappa shape index (κ3) is 7.37. The summed E-state index contributed by atoms with van der Waals surface area (Å²) in [6, 6.07) is 5.30. The van der Waals surface area contributed by atoms with Crippen LogP contribution in [-0.4, -0.2) is 42.9 Å². The fraction of sp³-hybridized carbons (Fsp3) is 0.467. The van der Waals surface area contributed by atoms with Gasteiger partial charge in [0.25, 0.3) is 11.6 Å². The van der Waals surface area contributed by atoms with Crippen molar-refractivity contribution in [3.63, 3.8) is 0 Å². The normalized spacial score (nSPS) is 10.1. The second kappa shape index (κ2) is 10.3. The number of hydrogen-bond acceptors (Lipinski definition) is 5. The van der Waals surface area contributed by atoms with Crippen LogP contribution in [0.3, 0.4) is 0 Å². The lowest BCUT2D eigenvalue weighted by molar-refractivity contribution is -0.384. The van der Waals surface area contributed by atoms with Crippen molar-refractivity contribution in [2.45, 2.75) is 19.8 Å². The summed E-state index contributed by atoms with van der Waals surface area (Å²) in [4.78, 5) is 33.4. The van der Waals surface area contributed by atoms with Crippen molar-refractivity contribution in [1.82, 2.24) is 16.0 Å². The number of nitrogens with zero attached hydrogens (tertiary/aromatic N) is 1. The van der Waals surface area contributed by atoms with Crippen LogP contribution >= 0.6 is 0 Å². The summed E-state index contributed by atoms with van der Waals surface area (Å²) < 4.78 is 0. The van der Waals surface area contributed by atoms with Crippen LogP contribution in [0.4, 0.5) is 5.69 Å². The van der Waals surface area contributed by atoms with Gasteiger partial charge in [0.05, 0.1) is 4.92 Å². The Morgan fingerprint density at radius 1 is 1.04 bits per heavy atom. The molecule has 0 aliphatic heterocycles. The van der Waals surface area contributed by atoms with E-state index in [0.717, 1.165) is 13.0 Å². The molecule has 2 amide bonds. The Bertz CT molecular complexity index is 531. The number of benzene rings is 1. The van der Waals surface area contributed by atoms with E-state index in [1.807, 2.05) is 0 Å². The van der Waals surface area contributed by atoms with Gasteiger partial charge < -0.3 is 16.0 Å². The first kappa shape index (κ1) is 18.6. The van der Waals surface area contributed by atoms with Crippen molar-refractivity contribution in [2.24, 2.45) is 0 Å². The summed E-state index contributed by atoms with van der Waals surface area (Å²) in [5.74, 6) is -0.496. The smallest absolute Gasteiger partial charge is 0.269 e. The fourth-order valence-electron chi connectivity index (χ4n) is 1.81. The van der Waals surface area contributed by atoms with Crippen LogP contribution in [0.5, 0.6) is 0 Å². The van der Waals surface area contributed by atoms with E-state index in [2.05, 4.69) is 22.9 Å². The van der Waals surface area contributed by atoms with Crippen molar-refractivity contribution >= 4 is 17.5 Å². The van der Waals surface area contributed by atoms with E-state index in [0.29, 0.717) is 18.7 Å². The Hall–Kier alpha value is -2.48. The SMILES string of the molecule is CCCNCCNC(=O)CCNC(=O)c1ccc([N+](=O)[O-])cc1. The first-order valence-corrected chi connectivity index (χ1v) is 7.54. The molecule has 0 aromatic heterocycles. The number of rotatable bonds is 10. The summed E-state index contributed by atoms with van der Waals surface area (Å²) in [6.07, 6.45) is 1.23. The molecule has 0 heterocycles. The Kier molecular flexibility index (Phi) is 8.30. The third-order valence-electron chi connectivity index (χ3n) is 3.03. The minimum atomic E-state index is -0.526. The van der Waals surface area contributed by atoms with Crippen LogP contribution in [0.25, 0.3) is 0 Å². The summed E-state index contributed by atoms with van der Waals surface area (Å²) in [5.41, 5.74) is 0.248. The molecule has 0 atom stereocenters. The molecule has 0 fully saturated rings. The van der Waals surface area contributed by atoms with Gasteiger partial charge in [0.2, 0.25) is 5.91 Å². The maximum Gasteiger partial charge on any atom is 0.269 e. The zero-order valence-corrected chi connectivity index (χ0v) is 13.1. The van der Waals surface area contributed by atoms with Gasteiger partial charge in [0.15, 0.2) is 0 Å². The fourth-order valence-corrected chi connectivity index (χ4v) is 1.81. The molecule has 1 rings (SSSR count). The third-order valence-corrected chi connectivity index (χ3v) is 3.03. The second-order valence-electron chi connectivity index (χ2n) is 4.91. The monoisotopic (exact) mass is 322 g/mol. The number of nitro benzene ring substituents is 1. The molecule has 8 heteroatoms. The van der Waals surface area contributed by atoms with Crippen molar-refractivity contribution in [3.05, 3.63) is 39.9 Å². The molecule has 23 heavy (non-hydrogen) atoms. The van der Waals surface area contributed by atoms with E-state index in [-0.39, 0.29) is 30.5 Å². The zero-order chi connectivity index (χ0) is 17.1. The average molecular weight is 322 g/mol. The van der Waals surface area contributed by atoms with Gasteiger partial charge in [0.1, 0.15) is 0 Å². The van der Waals surface area contributed by atoms with Gasteiger partial charge in [-0.15, -0.1) is 0 Å². The lowest BCUT2D eigenvalue weighted by Gasteiger charge is -2.07. The first-order chi connectivity index (χ1) is 11.0. The van der Waals surface area contributed by atoms with Crippen LogP contribution in [0.1, 0.15) is 30.1 Å². The molecule has 0 unspecified atom stereocenters. The van der Waals surface area contributed by atoms with E-state index in [4.69, 9.17) is 0 Å². The molecule has 0 radical (unpaired) electrons. The molecule has 0 saturated heterocycles. The van der Waals surface area contributed by atoms with E-state index >= 15 is 0 Å². The molecule has 1 aromatic rings. The van der Waals surface area contributed by atoms with Gasteiger partial charge in [-0.2, -0.15) is 0 Å². The maximum atomic E-state index is 11.8. The van der Waals surface area contributed by atoms with E-state index in [9.17, 15) is 19.7 Å². The van der Waals surface area contributed by atoms with Crippen molar-refractivity contribution in [3.8, 4) is 0 Å². The number of nitro groups is 1. The van der Waals surface area contributed by atoms with Gasteiger partial charge in [-0.3, -0.25) is 19.7 Å². The lowest BCUT2D eigenvalue weighted by atomic mass is 10.2. The zero-order valence-electron chi connectivity index (χ0n) is 13.1. The standard InChI is InChI=1S/C15H22N4O4/c1-2-8-16-10-11-17-14(20)7-9-18-15(21)12-3-5-13(6-4-12)19(22)23/h3-6,16H,2,7-11H2,1H3,(H,17,20)(H,18,21). The van der Waals surface area contributed by atoms with Gasteiger partial charge in [-0.05, 0) is 25.1 Å². The number of non-ortho nitro benzene ring substituents is 1. The topological polar surface area (TPSA) is 113 Å². The summed E-state index contributed by atoms with van der Waals surface area (Å²) in [7, 11) is 0. The van der Waals surface area contributed by atoms with Gasteiger partial charge in [0, 0.05) is 43.8 Å². The molecule has 0 aliphatic carbocycles. The number of nitrogens with one attached hydrogen (secondary N) is 3. The van der Waals surface area contributed by atoms with E-state index < -0.39 is 4.92 Å². The lowest BCUT2D eigenvalue weighted by Crippen LogP contribution is -2.34. The Morgan fingerprint density at radius 2 is 1.74 bits per heavy atom. The molecule has 0 bridgehead atoms. The molecule has 126 valence electrons. The summed E-state index contributed by atoms with van der Waals surface area (Å²) >= 11 is 0. The molecule has 8 nitrogen and oxygen atoms in total. The van der Waals surface area contributed by atoms with Crippen LogP contribution < -0.4 is 16.0 Å². The quantitative estimate of drug-likeness (QED) is 0.335. The number of hydrogen-bond donors (Lipinski definition) is 3. The predicted octanol–water partition coefficient (Wildman–Crippen LogP) is 0.831. The number of amides is 2. The minimum absolute atomic E-state index is 0.0717. The van der Waals surface area contributed by atoms with Gasteiger partial charge in [-0.25, -0.2) is 0 Å². The average Bonchev–Trinajstić information content (AvgIpc) is 2.54. The Balaban J connectivity index is 2.23. The Morgan fingerprint density at radius 3 is 2.35 bits per heavy atom. The largest absolute Gasteiger partial charge is 0.355 e. The molecular formula is C15H22N4O4. The van der Waals surface area contributed by atoms with Crippen LogP contribution in [0, 0.1) is 10.1 Å². The van der Waals surface area contributed by atoms with Crippen LogP contribution in [0.15, 0.2) is 24.3 Å². The van der Waals surface area contributed by atoms with Crippen LogP contribution in [-0.2, 0) is 4.79 Å². The van der Waals surface area contributed by atoms with Gasteiger partial charge in [-0.1, -0.05) is 6.92 Å². The Labute approximate surface area is 134 Å². The molecular weight excluding hydrogens is 300 g/mol. The minimum Gasteiger partial charge on any atom is -0.355 e. The highest BCUT2D eigenvalue weighted by atomic mass is 16.6. The molecule has 0 saturated carbocycles. The molecule has 0 spiro atoms. The second-order valence-corrected chi connectivity index (χ2v) is 4.91. The number of carbonyl (C=O) groups is 2. The highest BCUT2D eigenvalue weighted by molar-refractivity contribution is 5.94. The van der Waals surface area contributed by atoms with E-state index in [1.165, 1.54) is 24.3 Å². The van der Waals surface area contributed by atoms with Crippen molar-refractivity contribution in [2.75, 3.05) is 26.2 Å². The highest BCUT2D eigenvalue weighted by Gasteiger charge is 2.09. The van der Waals surface area contributed by atoms with Gasteiger partial charge >= 0.3 is 0 Å². The maximum absolute atomic E-state index is 11.8. The van der Waals surface area contributed by atoms with Crippen molar-refractivity contribution in [1.29, 1.82) is 0 Å². The highest BCUT2D eigenvalue weighted by Crippen LogP contribution is 2.11. The number of carbonyl (C=O) groups excluding carboxylic acids is 2. The summed E-state index contributed by atoms with van der Waals surface area (Å²) in [5, 5.41) is 19.0. The predicted molar refractivity (Wildman–Crippen MR) is 86.2 cm³/mol.